The van der Waals surface area contributed by atoms with E-state index in [4.69, 9.17) is 0 Å². The number of amides is 2. The summed E-state index contributed by atoms with van der Waals surface area (Å²) in [6.45, 7) is 1.19. The molecule has 7 heteroatoms. The molecule has 0 aliphatic rings. The number of aromatic nitrogens is 2. The Morgan fingerprint density at radius 3 is 2.53 bits per heavy atom. The summed E-state index contributed by atoms with van der Waals surface area (Å²) in [7, 11) is 0. The third-order valence-electron chi connectivity index (χ3n) is 4.53. The molecule has 0 saturated carbocycles. The maximum Gasteiger partial charge on any atom is 0.265 e. The van der Waals surface area contributed by atoms with E-state index in [0.717, 1.165) is 17.7 Å². The Labute approximate surface area is 178 Å². The van der Waals surface area contributed by atoms with E-state index in [-0.39, 0.29) is 11.8 Å². The van der Waals surface area contributed by atoms with Gasteiger partial charge in [0.2, 0.25) is 0 Å². The number of thiophene rings is 1. The van der Waals surface area contributed by atoms with Gasteiger partial charge in [-0.3, -0.25) is 9.59 Å². The Kier molecular flexibility index (Phi) is 6.01. The predicted octanol–water partition coefficient (Wildman–Crippen LogP) is 4.18. The first-order chi connectivity index (χ1) is 14.7. The van der Waals surface area contributed by atoms with E-state index in [2.05, 4.69) is 15.6 Å². The lowest BCUT2D eigenvalue weighted by Crippen LogP contribution is -2.23. The van der Waals surface area contributed by atoms with Gasteiger partial charge in [-0.05, 0) is 40.8 Å². The van der Waals surface area contributed by atoms with Gasteiger partial charge in [-0.25, -0.2) is 4.98 Å². The zero-order valence-electron chi connectivity index (χ0n) is 16.1. The lowest BCUT2D eigenvalue weighted by molar-refractivity contribution is 0.0949. The highest BCUT2D eigenvalue weighted by Crippen LogP contribution is 2.15. The van der Waals surface area contributed by atoms with Gasteiger partial charge in [-0.1, -0.05) is 36.4 Å². The van der Waals surface area contributed by atoms with Crippen LogP contribution in [0.3, 0.4) is 0 Å². The molecule has 4 rings (SSSR count). The maximum absolute atomic E-state index is 12.5. The Morgan fingerprint density at radius 2 is 1.80 bits per heavy atom. The molecule has 2 heterocycles. The van der Waals surface area contributed by atoms with Crippen molar-refractivity contribution < 1.29 is 9.59 Å². The van der Waals surface area contributed by atoms with Gasteiger partial charge < -0.3 is 15.2 Å². The van der Waals surface area contributed by atoms with Crippen LogP contribution in [0.2, 0.25) is 0 Å². The van der Waals surface area contributed by atoms with Crippen LogP contribution in [-0.4, -0.2) is 21.4 Å². The van der Waals surface area contributed by atoms with Gasteiger partial charge in [0, 0.05) is 36.7 Å². The van der Waals surface area contributed by atoms with Crippen molar-refractivity contribution in [2.75, 3.05) is 5.32 Å². The van der Waals surface area contributed by atoms with Crippen LogP contribution in [0.1, 0.15) is 31.2 Å². The number of hydrogen-bond donors (Lipinski definition) is 2. The second-order valence-corrected chi connectivity index (χ2v) is 7.69. The first kappa shape index (κ1) is 19.6. The van der Waals surface area contributed by atoms with Crippen LogP contribution in [0.25, 0.3) is 0 Å². The summed E-state index contributed by atoms with van der Waals surface area (Å²) in [5, 5.41) is 7.60. The molecule has 2 aromatic heterocycles. The highest BCUT2D eigenvalue weighted by Gasteiger charge is 2.10. The van der Waals surface area contributed by atoms with E-state index in [1.807, 2.05) is 46.5 Å². The van der Waals surface area contributed by atoms with Crippen molar-refractivity contribution in [1.29, 1.82) is 0 Å². The second kappa shape index (κ2) is 9.19. The zero-order chi connectivity index (χ0) is 20.8. The summed E-state index contributed by atoms with van der Waals surface area (Å²) in [4.78, 5) is 29.4. The molecular weight excluding hydrogens is 396 g/mol. The van der Waals surface area contributed by atoms with Gasteiger partial charge in [0.05, 0.1) is 11.2 Å². The normalized spacial score (nSPS) is 10.5. The Hall–Kier alpha value is -3.71. The number of anilines is 1. The number of carbonyl (C=O) groups is 2. The van der Waals surface area contributed by atoms with Crippen LogP contribution >= 0.6 is 11.3 Å². The van der Waals surface area contributed by atoms with Gasteiger partial charge in [-0.15, -0.1) is 11.3 Å². The van der Waals surface area contributed by atoms with Crippen molar-refractivity contribution in [3.8, 4) is 0 Å². The van der Waals surface area contributed by atoms with Crippen LogP contribution in [0.15, 0.2) is 84.8 Å². The summed E-state index contributed by atoms with van der Waals surface area (Å²) < 4.78 is 2.00. The largest absolute Gasteiger partial charge is 0.348 e. The number of benzene rings is 2. The summed E-state index contributed by atoms with van der Waals surface area (Å²) in [5.74, 6) is -0.372. The Bertz CT molecular complexity index is 1120. The van der Waals surface area contributed by atoms with E-state index in [9.17, 15) is 9.59 Å². The number of imidazole rings is 1. The van der Waals surface area contributed by atoms with E-state index < -0.39 is 0 Å². The van der Waals surface area contributed by atoms with Crippen molar-refractivity contribution in [1.82, 2.24) is 14.9 Å². The minimum Gasteiger partial charge on any atom is -0.348 e. The number of rotatable bonds is 7. The standard InChI is InChI=1S/C23H20N4O2S/c28-22(19-3-1-4-20(13-19)26-23(29)21-5-2-12-30-21)25-14-17-6-8-18(9-7-17)15-27-11-10-24-16-27/h1-13,16H,14-15H2,(H,25,28)(H,26,29). The molecule has 0 aliphatic carbocycles. The van der Waals surface area contributed by atoms with E-state index >= 15 is 0 Å². The van der Waals surface area contributed by atoms with Crippen LogP contribution in [0, 0.1) is 0 Å². The predicted molar refractivity (Wildman–Crippen MR) is 118 cm³/mol. The van der Waals surface area contributed by atoms with Gasteiger partial charge in [0.1, 0.15) is 0 Å². The molecule has 0 bridgehead atoms. The Balaban J connectivity index is 1.33. The highest BCUT2D eigenvalue weighted by molar-refractivity contribution is 7.12. The van der Waals surface area contributed by atoms with Crippen LogP contribution in [0.5, 0.6) is 0 Å². The molecule has 0 saturated heterocycles. The molecule has 0 radical (unpaired) electrons. The van der Waals surface area contributed by atoms with Crippen molar-refractivity contribution in [3.05, 3.63) is 106 Å². The van der Waals surface area contributed by atoms with Crippen molar-refractivity contribution in [2.45, 2.75) is 13.1 Å². The second-order valence-electron chi connectivity index (χ2n) is 6.75. The maximum atomic E-state index is 12.5. The van der Waals surface area contributed by atoms with Crippen molar-refractivity contribution in [2.24, 2.45) is 0 Å². The summed E-state index contributed by atoms with van der Waals surface area (Å²) in [5.41, 5.74) is 3.26. The molecular formula is C23H20N4O2S. The van der Waals surface area contributed by atoms with E-state index in [0.29, 0.717) is 22.7 Å². The summed E-state index contributed by atoms with van der Waals surface area (Å²) in [6, 6.07) is 18.6. The zero-order valence-corrected chi connectivity index (χ0v) is 16.9. The third-order valence-corrected chi connectivity index (χ3v) is 5.40. The fourth-order valence-electron chi connectivity index (χ4n) is 2.98. The number of hydrogen-bond acceptors (Lipinski definition) is 4. The number of nitrogens with zero attached hydrogens (tertiary/aromatic N) is 2. The molecule has 0 unspecified atom stereocenters. The molecule has 150 valence electrons. The molecule has 0 fully saturated rings. The molecule has 0 aliphatic heterocycles. The quantitative estimate of drug-likeness (QED) is 0.475. The molecule has 2 aromatic carbocycles. The SMILES string of the molecule is O=C(NCc1ccc(Cn2ccnc2)cc1)c1cccc(NC(=O)c2cccs2)c1. The van der Waals surface area contributed by atoms with Crippen molar-refractivity contribution in [3.63, 3.8) is 0 Å². The van der Waals surface area contributed by atoms with Crippen LogP contribution in [-0.2, 0) is 13.1 Å². The molecule has 2 amide bonds. The molecule has 2 N–H and O–H groups in total. The minimum atomic E-state index is -0.190. The summed E-state index contributed by atoms with van der Waals surface area (Å²) >= 11 is 1.37. The number of nitrogens with one attached hydrogen (secondary N) is 2. The van der Waals surface area contributed by atoms with Crippen molar-refractivity contribution >= 4 is 28.8 Å². The van der Waals surface area contributed by atoms with Crippen LogP contribution < -0.4 is 10.6 Å². The van der Waals surface area contributed by atoms with Gasteiger partial charge in [-0.2, -0.15) is 0 Å². The molecule has 4 aromatic rings. The lowest BCUT2D eigenvalue weighted by atomic mass is 10.1. The van der Waals surface area contributed by atoms with E-state index in [1.165, 1.54) is 11.3 Å². The van der Waals surface area contributed by atoms with E-state index in [1.54, 1.807) is 42.9 Å². The average molecular weight is 417 g/mol. The van der Waals surface area contributed by atoms with Gasteiger partial charge in [0.15, 0.2) is 0 Å². The topological polar surface area (TPSA) is 76.0 Å². The average Bonchev–Trinajstić information content (AvgIpc) is 3.48. The lowest BCUT2D eigenvalue weighted by Gasteiger charge is -2.09. The molecule has 6 nitrogen and oxygen atoms in total. The smallest absolute Gasteiger partial charge is 0.265 e. The third kappa shape index (κ3) is 5.01. The summed E-state index contributed by atoms with van der Waals surface area (Å²) in [6.07, 6.45) is 5.46. The molecule has 30 heavy (non-hydrogen) atoms. The Morgan fingerprint density at radius 1 is 0.967 bits per heavy atom. The van der Waals surface area contributed by atoms with Crippen LogP contribution in [0.4, 0.5) is 5.69 Å². The van der Waals surface area contributed by atoms with Gasteiger partial charge >= 0.3 is 0 Å². The fourth-order valence-corrected chi connectivity index (χ4v) is 3.60. The monoisotopic (exact) mass is 416 g/mol. The first-order valence-electron chi connectivity index (χ1n) is 9.44. The molecule has 0 atom stereocenters. The van der Waals surface area contributed by atoms with Gasteiger partial charge in [0.25, 0.3) is 11.8 Å². The highest BCUT2D eigenvalue weighted by atomic mass is 32.1. The minimum absolute atomic E-state index is 0.182. The number of carbonyl (C=O) groups excluding carboxylic acids is 2. The fraction of sp³-hybridized carbons (Fsp3) is 0.0870. The molecule has 0 spiro atoms. The first-order valence-corrected chi connectivity index (χ1v) is 10.3.